The summed E-state index contributed by atoms with van der Waals surface area (Å²) in [5.41, 5.74) is 2.53. The highest BCUT2D eigenvalue weighted by atomic mass is 19.1. The molecule has 3 aromatic rings. The highest BCUT2D eigenvalue weighted by Crippen LogP contribution is 2.25. The van der Waals surface area contributed by atoms with E-state index >= 15 is 0 Å². The average Bonchev–Trinajstić information content (AvgIpc) is 2.59. The van der Waals surface area contributed by atoms with E-state index in [2.05, 4.69) is 10.3 Å². The molecule has 0 aliphatic carbocycles. The molecule has 0 fully saturated rings. The monoisotopic (exact) mass is 337 g/mol. The normalized spacial score (nSPS) is 10.7. The van der Waals surface area contributed by atoms with Crippen LogP contribution in [-0.2, 0) is 6.54 Å². The van der Waals surface area contributed by atoms with Gasteiger partial charge in [-0.05, 0) is 36.8 Å². The van der Waals surface area contributed by atoms with Gasteiger partial charge in [0.2, 0.25) is 0 Å². The molecule has 128 valence electrons. The Morgan fingerprint density at radius 1 is 1.16 bits per heavy atom. The van der Waals surface area contributed by atoms with Gasteiger partial charge in [-0.15, -0.1) is 0 Å². The second-order valence-corrected chi connectivity index (χ2v) is 6.12. The van der Waals surface area contributed by atoms with Gasteiger partial charge in [0, 0.05) is 31.7 Å². The van der Waals surface area contributed by atoms with Crippen LogP contribution in [0.3, 0.4) is 0 Å². The number of nitrogens with one attached hydrogen (secondary N) is 1. The van der Waals surface area contributed by atoms with E-state index in [-0.39, 0.29) is 11.3 Å². The third kappa shape index (κ3) is 3.45. The minimum Gasteiger partial charge on any atom is -0.380 e. The van der Waals surface area contributed by atoms with E-state index in [0.717, 1.165) is 22.3 Å². The summed E-state index contributed by atoms with van der Waals surface area (Å²) < 4.78 is 14.0. The average molecular weight is 337 g/mol. The van der Waals surface area contributed by atoms with Crippen LogP contribution >= 0.6 is 0 Å². The Labute approximate surface area is 146 Å². The van der Waals surface area contributed by atoms with Gasteiger partial charge in [0.05, 0.1) is 11.1 Å². The van der Waals surface area contributed by atoms with Crippen LogP contribution in [-0.4, -0.2) is 24.9 Å². The van der Waals surface area contributed by atoms with Gasteiger partial charge in [-0.1, -0.05) is 24.3 Å². The van der Waals surface area contributed by atoms with Crippen molar-refractivity contribution in [3.05, 3.63) is 65.5 Å². The number of nitrogens with zero attached hydrogens (tertiary/aromatic N) is 2. The second-order valence-electron chi connectivity index (χ2n) is 6.12. The molecule has 0 atom stereocenters. The summed E-state index contributed by atoms with van der Waals surface area (Å²) in [5, 5.41) is 4.23. The molecular formula is C20H20FN3O. The van der Waals surface area contributed by atoms with Gasteiger partial charge < -0.3 is 10.2 Å². The highest BCUT2D eigenvalue weighted by Gasteiger charge is 2.13. The van der Waals surface area contributed by atoms with Crippen molar-refractivity contribution in [1.29, 1.82) is 0 Å². The maximum absolute atomic E-state index is 14.0. The molecule has 1 heterocycles. The molecular weight excluding hydrogens is 317 g/mol. The number of Topliss-reactive ketones (excluding diaryl/α,β-unsaturated/α-hetero) is 1. The Hall–Kier alpha value is -2.95. The van der Waals surface area contributed by atoms with E-state index in [9.17, 15) is 9.18 Å². The van der Waals surface area contributed by atoms with Crippen LogP contribution in [0.4, 0.5) is 15.9 Å². The van der Waals surface area contributed by atoms with Crippen LogP contribution in [0.15, 0.2) is 48.5 Å². The Morgan fingerprint density at radius 2 is 1.92 bits per heavy atom. The molecule has 0 amide bonds. The number of para-hydroxylation sites is 1. The van der Waals surface area contributed by atoms with Crippen molar-refractivity contribution in [1.82, 2.24) is 4.98 Å². The van der Waals surface area contributed by atoms with Crippen LogP contribution in [0.25, 0.3) is 10.9 Å². The highest BCUT2D eigenvalue weighted by molar-refractivity contribution is 5.99. The minimum absolute atomic E-state index is 0.0914. The van der Waals surface area contributed by atoms with Crippen LogP contribution in [0.5, 0.6) is 0 Å². The fourth-order valence-corrected chi connectivity index (χ4v) is 2.83. The minimum atomic E-state index is -0.508. The molecule has 2 aromatic carbocycles. The van der Waals surface area contributed by atoms with Crippen molar-refractivity contribution in [2.75, 3.05) is 24.3 Å². The molecule has 0 saturated heterocycles. The summed E-state index contributed by atoms with van der Waals surface area (Å²) in [5.74, 6) is 0.0433. The van der Waals surface area contributed by atoms with Gasteiger partial charge in [0.15, 0.2) is 5.78 Å². The molecule has 4 nitrogen and oxygen atoms in total. The maximum atomic E-state index is 14.0. The topological polar surface area (TPSA) is 45.2 Å². The zero-order valence-corrected chi connectivity index (χ0v) is 14.5. The number of carbonyl (C=O) groups is 1. The number of hydrogen-bond acceptors (Lipinski definition) is 4. The number of anilines is 2. The number of ketones is 1. The zero-order valence-electron chi connectivity index (χ0n) is 14.5. The first kappa shape index (κ1) is 16.9. The summed E-state index contributed by atoms with van der Waals surface area (Å²) >= 11 is 0. The number of benzene rings is 2. The van der Waals surface area contributed by atoms with E-state index in [0.29, 0.717) is 12.2 Å². The smallest absolute Gasteiger partial charge is 0.164 e. The molecule has 1 aromatic heterocycles. The SMILES string of the molecule is CC(=O)c1c(F)cccc1NCc1cc(N(C)C)nc2ccccc12. The molecule has 0 aliphatic heterocycles. The maximum Gasteiger partial charge on any atom is 0.164 e. The first-order valence-corrected chi connectivity index (χ1v) is 8.06. The lowest BCUT2D eigenvalue weighted by atomic mass is 10.1. The Bertz CT molecular complexity index is 937. The van der Waals surface area contributed by atoms with Gasteiger partial charge in [0.25, 0.3) is 0 Å². The van der Waals surface area contributed by atoms with Crippen LogP contribution in [0.1, 0.15) is 22.8 Å². The molecule has 0 unspecified atom stereocenters. The van der Waals surface area contributed by atoms with E-state index in [1.54, 1.807) is 12.1 Å². The van der Waals surface area contributed by atoms with Gasteiger partial charge in [-0.25, -0.2) is 9.37 Å². The third-order valence-electron chi connectivity index (χ3n) is 4.08. The second kappa shape index (κ2) is 6.89. The van der Waals surface area contributed by atoms with Crippen molar-refractivity contribution < 1.29 is 9.18 Å². The van der Waals surface area contributed by atoms with Crippen LogP contribution in [0, 0.1) is 5.82 Å². The van der Waals surface area contributed by atoms with Crippen molar-refractivity contribution >= 4 is 28.2 Å². The van der Waals surface area contributed by atoms with Crippen molar-refractivity contribution in [3.8, 4) is 0 Å². The number of pyridine rings is 1. The number of carbonyl (C=O) groups excluding carboxylic acids is 1. The molecule has 0 aliphatic rings. The molecule has 0 spiro atoms. The van der Waals surface area contributed by atoms with Crippen LogP contribution < -0.4 is 10.2 Å². The van der Waals surface area contributed by atoms with Crippen LogP contribution in [0.2, 0.25) is 0 Å². The summed E-state index contributed by atoms with van der Waals surface area (Å²) in [6.07, 6.45) is 0. The fraction of sp³-hybridized carbons (Fsp3) is 0.200. The van der Waals surface area contributed by atoms with Gasteiger partial charge >= 0.3 is 0 Å². The summed E-state index contributed by atoms with van der Waals surface area (Å²) in [7, 11) is 3.88. The molecule has 1 N–H and O–H groups in total. The fourth-order valence-electron chi connectivity index (χ4n) is 2.83. The number of aromatic nitrogens is 1. The van der Waals surface area contributed by atoms with Crippen molar-refractivity contribution in [3.63, 3.8) is 0 Å². The van der Waals surface area contributed by atoms with E-state index in [1.807, 2.05) is 49.3 Å². The third-order valence-corrected chi connectivity index (χ3v) is 4.08. The molecule has 0 radical (unpaired) electrons. The summed E-state index contributed by atoms with van der Waals surface area (Å²) in [4.78, 5) is 18.3. The first-order valence-electron chi connectivity index (χ1n) is 8.06. The first-order chi connectivity index (χ1) is 12.0. The lowest BCUT2D eigenvalue weighted by molar-refractivity contribution is 0.101. The van der Waals surface area contributed by atoms with Gasteiger partial charge in [-0.3, -0.25) is 4.79 Å². The predicted octanol–water partition coefficient (Wildman–Crippen LogP) is 4.25. The van der Waals surface area contributed by atoms with E-state index < -0.39 is 5.82 Å². The standard InChI is InChI=1S/C20H20FN3O/c1-13(25)20-16(21)8-6-10-18(20)22-12-14-11-19(24(2)3)23-17-9-5-4-7-15(14)17/h4-11,22H,12H2,1-3H3. The van der Waals surface area contributed by atoms with Crippen molar-refractivity contribution in [2.24, 2.45) is 0 Å². The largest absolute Gasteiger partial charge is 0.380 e. The van der Waals surface area contributed by atoms with E-state index in [1.165, 1.54) is 13.0 Å². The lowest BCUT2D eigenvalue weighted by Crippen LogP contribution is -2.12. The number of hydrogen-bond donors (Lipinski definition) is 1. The zero-order chi connectivity index (χ0) is 18.0. The van der Waals surface area contributed by atoms with Gasteiger partial charge in [-0.2, -0.15) is 0 Å². The summed E-state index contributed by atoms with van der Waals surface area (Å²) in [6.45, 7) is 1.84. The predicted molar refractivity (Wildman–Crippen MR) is 99.8 cm³/mol. The Kier molecular flexibility index (Phi) is 4.65. The summed E-state index contributed by atoms with van der Waals surface area (Å²) in [6, 6.07) is 14.5. The molecule has 0 saturated carbocycles. The Morgan fingerprint density at radius 3 is 2.64 bits per heavy atom. The van der Waals surface area contributed by atoms with Gasteiger partial charge in [0.1, 0.15) is 11.6 Å². The number of halogens is 1. The molecule has 5 heteroatoms. The Balaban J connectivity index is 1.99. The lowest BCUT2D eigenvalue weighted by Gasteiger charge is -2.16. The number of rotatable bonds is 5. The number of fused-ring (bicyclic) bond motifs is 1. The molecule has 25 heavy (non-hydrogen) atoms. The van der Waals surface area contributed by atoms with E-state index in [4.69, 9.17) is 0 Å². The molecule has 3 rings (SSSR count). The molecule has 0 bridgehead atoms. The quantitative estimate of drug-likeness (QED) is 0.707. The van der Waals surface area contributed by atoms with Crippen molar-refractivity contribution in [2.45, 2.75) is 13.5 Å².